The van der Waals surface area contributed by atoms with E-state index < -0.39 is 7.60 Å². The maximum atomic E-state index is 12.1. The molecule has 0 fully saturated rings. The minimum atomic E-state index is -3.09. The van der Waals surface area contributed by atoms with E-state index in [1.165, 1.54) is 0 Å². The van der Waals surface area contributed by atoms with Crippen molar-refractivity contribution in [2.45, 2.75) is 40.2 Å². The zero-order valence-electron chi connectivity index (χ0n) is 10.9. The van der Waals surface area contributed by atoms with Gasteiger partial charge in [0.2, 0.25) is 0 Å². The molecule has 4 nitrogen and oxygen atoms in total. The Balaban J connectivity index is 4.41. The summed E-state index contributed by atoms with van der Waals surface area (Å²) in [6.07, 6.45) is 0.103. The molecule has 96 valence electrons. The summed E-state index contributed by atoms with van der Waals surface area (Å²) in [5.74, 6) is 0.428. The lowest BCUT2D eigenvalue weighted by molar-refractivity contribution is 0.0533. The lowest BCUT2D eigenvalue weighted by Gasteiger charge is -2.25. The predicted molar refractivity (Wildman–Crippen MR) is 65.7 cm³/mol. The highest BCUT2D eigenvalue weighted by Crippen LogP contribution is 2.49. The van der Waals surface area contributed by atoms with Crippen LogP contribution in [0.2, 0.25) is 0 Å². The van der Waals surface area contributed by atoms with Crippen molar-refractivity contribution in [3.05, 3.63) is 12.3 Å². The Labute approximate surface area is 98.5 Å². The second kappa shape index (κ2) is 6.43. The molecule has 0 atom stereocenters. The van der Waals surface area contributed by atoms with Gasteiger partial charge in [-0.3, -0.25) is 4.57 Å². The molecule has 0 spiro atoms. The first-order valence-corrected chi connectivity index (χ1v) is 7.20. The van der Waals surface area contributed by atoms with E-state index in [4.69, 9.17) is 13.8 Å². The maximum Gasteiger partial charge on any atom is 0.338 e. The third-order valence-electron chi connectivity index (χ3n) is 1.47. The van der Waals surface area contributed by atoms with Gasteiger partial charge in [0.05, 0.1) is 13.2 Å². The molecule has 0 heterocycles. The molecule has 0 N–H and O–H groups in total. The van der Waals surface area contributed by atoms with Gasteiger partial charge in [-0.2, -0.15) is 0 Å². The molecule has 0 aromatic heterocycles. The lowest BCUT2D eigenvalue weighted by Crippen LogP contribution is -2.20. The molecule has 0 rings (SSSR count). The molecule has 0 radical (unpaired) electrons. The van der Waals surface area contributed by atoms with E-state index in [2.05, 4.69) is 6.58 Å². The van der Waals surface area contributed by atoms with E-state index in [9.17, 15) is 4.57 Å². The number of allylic oxidation sites excluding steroid dienone is 1. The Morgan fingerprint density at radius 1 is 1.19 bits per heavy atom. The first kappa shape index (κ1) is 15.7. The van der Waals surface area contributed by atoms with E-state index in [-0.39, 0.29) is 11.8 Å². The number of rotatable bonds is 7. The van der Waals surface area contributed by atoms with Gasteiger partial charge in [0.25, 0.3) is 0 Å². The van der Waals surface area contributed by atoms with Crippen LogP contribution in [0, 0.1) is 0 Å². The molecular weight excluding hydrogens is 227 g/mol. The SMILES string of the molecule is C=C(CP(=O)(OCC)OCC)OC(C)(C)C. The highest BCUT2D eigenvalue weighted by atomic mass is 31.2. The summed E-state index contributed by atoms with van der Waals surface area (Å²) in [4.78, 5) is 0. The zero-order chi connectivity index (χ0) is 12.8. The van der Waals surface area contributed by atoms with Gasteiger partial charge in [-0.1, -0.05) is 6.58 Å². The van der Waals surface area contributed by atoms with Crippen LogP contribution in [-0.4, -0.2) is 25.0 Å². The Hall–Kier alpha value is -0.310. The van der Waals surface area contributed by atoms with Crippen molar-refractivity contribution in [3.63, 3.8) is 0 Å². The van der Waals surface area contributed by atoms with Crippen LogP contribution in [0.1, 0.15) is 34.6 Å². The molecule has 0 aromatic rings. The third kappa shape index (κ3) is 7.04. The Bertz CT molecular complexity index is 258. The molecule has 0 aliphatic rings. The minimum absolute atomic E-state index is 0.103. The van der Waals surface area contributed by atoms with Gasteiger partial charge in [-0.05, 0) is 34.6 Å². The minimum Gasteiger partial charge on any atom is -0.492 e. The van der Waals surface area contributed by atoms with Crippen LogP contribution >= 0.6 is 7.60 Å². The first-order chi connectivity index (χ1) is 7.22. The summed E-state index contributed by atoms with van der Waals surface area (Å²) < 4.78 is 27.9. The molecular formula is C11H23O4P. The van der Waals surface area contributed by atoms with E-state index in [1.807, 2.05) is 20.8 Å². The zero-order valence-corrected chi connectivity index (χ0v) is 11.8. The van der Waals surface area contributed by atoms with Crippen molar-refractivity contribution in [1.82, 2.24) is 0 Å². The van der Waals surface area contributed by atoms with Gasteiger partial charge in [0.1, 0.15) is 17.5 Å². The molecule has 0 saturated carbocycles. The van der Waals surface area contributed by atoms with Gasteiger partial charge >= 0.3 is 7.60 Å². The van der Waals surface area contributed by atoms with Crippen molar-refractivity contribution in [1.29, 1.82) is 0 Å². The average molecular weight is 250 g/mol. The van der Waals surface area contributed by atoms with E-state index in [0.717, 1.165) is 0 Å². The van der Waals surface area contributed by atoms with Crippen LogP contribution in [0.5, 0.6) is 0 Å². The fourth-order valence-corrected chi connectivity index (χ4v) is 2.74. The molecule has 0 bridgehead atoms. The fraction of sp³-hybridized carbons (Fsp3) is 0.818. The second-order valence-corrected chi connectivity index (χ2v) is 6.41. The Morgan fingerprint density at radius 2 is 1.62 bits per heavy atom. The first-order valence-electron chi connectivity index (χ1n) is 5.47. The second-order valence-electron chi connectivity index (χ2n) is 4.36. The molecule has 0 unspecified atom stereocenters. The van der Waals surface area contributed by atoms with Crippen LogP contribution in [0.15, 0.2) is 12.3 Å². The predicted octanol–water partition coefficient (Wildman–Crippen LogP) is 3.58. The van der Waals surface area contributed by atoms with Crippen molar-refractivity contribution < 1.29 is 18.3 Å². The standard InChI is InChI=1S/C11H23O4P/c1-7-13-16(12,14-8-2)9-10(3)15-11(4,5)6/h3,7-9H2,1-2,4-6H3. The lowest BCUT2D eigenvalue weighted by atomic mass is 10.2. The van der Waals surface area contributed by atoms with Crippen molar-refractivity contribution in [2.75, 3.05) is 19.4 Å². The maximum absolute atomic E-state index is 12.1. The highest BCUT2D eigenvalue weighted by Gasteiger charge is 2.27. The van der Waals surface area contributed by atoms with Crippen LogP contribution in [0.3, 0.4) is 0 Å². The smallest absolute Gasteiger partial charge is 0.338 e. The van der Waals surface area contributed by atoms with Gasteiger partial charge < -0.3 is 13.8 Å². The van der Waals surface area contributed by atoms with Crippen LogP contribution in [0.4, 0.5) is 0 Å². The van der Waals surface area contributed by atoms with Crippen LogP contribution in [-0.2, 0) is 18.3 Å². The summed E-state index contributed by atoms with van der Waals surface area (Å²) in [5, 5.41) is 0. The number of ether oxygens (including phenoxy) is 1. The van der Waals surface area contributed by atoms with Crippen LogP contribution in [0.25, 0.3) is 0 Å². The average Bonchev–Trinajstić information content (AvgIpc) is 1.99. The van der Waals surface area contributed by atoms with E-state index in [1.54, 1.807) is 13.8 Å². The molecule has 5 heteroatoms. The summed E-state index contributed by atoms with van der Waals surface area (Å²) in [6, 6.07) is 0. The molecule has 16 heavy (non-hydrogen) atoms. The van der Waals surface area contributed by atoms with Crippen molar-refractivity contribution >= 4 is 7.60 Å². The van der Waals surface area contributed by atoms with Crippen molar-refractivity contribution in [3.8, 4) is 0 Å². The van der Waals surface area contributed by atoms with E-state index in [0.29, 0.717) is 19.0 Å². The van der Waals surface area contributed by atoms with Gasteiger partial charge in [-0.15, -0.1) is 0 Å². The van der Waals surface area contributed by atoms with Crippen LogP contribution < -0.4 is 0 Å². The summed E-state index contributed by atoms with van der Waals surface area (Å²) in [5.41, 5.74) is -0.347. The molecule has 0 aliphatic heterocycles. The third-order valence-corrected chi connectivity index (χ3v) is 3.52. The van der Waals surface area contributed by atoms with Gasteiger partial charge in [0, 0.05) is 0 Å². The van der Waals surface area contributed by atoms with Gasteiger partial charge in [-0.25, -0.2) is 0 Å². The number of hydrogen-bond donors (Lipinski definition) is 0. The Kier molecular flexibility index (Phi) is 6.31. The normalized spacial score (nSPS) is 12.6. The summed E-state index contributed by atoms with van der Waals surface area (Å²) >= 11 is 0. The fourth-order valence-electron chi connectivity index (χ4n) is 1.20. The highest BCUT2D eigenvalue weighted by molar-refractivity contribution is 7.54. The topological polar surface area (TPSA) is 44.8 Å². The monoisotopic (exact) mass is 250 g/mol. The summed E-state index contributed by atoms with van der Waals surface area (Å²) in [7, 11) is -3.09. The van der Waals surface area contributed by atoms with E-state index >= 15 is 0 Å². The quantitative estimate of drug-likeness (QED) is 0.511. The van der Waals surface area contributed by atoms with Gasteiger partial charge in [0.15, 0.2) is 0 Å². The van der Waals surface area contributed by atoms with Crippen molar-refractivity contribution in [2.24, 2.45) is 0 Å². The number of hydrogen-bond acceptors (Lipinski definition) is 4. The Morgan fingerprint density at radius 3 is 1.94 bits per heavy atom. The molecule has 0 aromatic carbocycles. The summed E-state index contributed by atoms with van der Waals surface area (Å²) in [6.45, 7) is 13.7. The molecule has 0 amide bonds. The molecule has 0 aliphatic carbocycles. The largest absolute Gasteiger partial charge is 0.492 e. The molecule has 0 saturated heterocycles.